The molecule has 0 bridgehead atoms. The van der Waals surface area contributed by atoms with E-state index in [0.717, 1.165) is 0 Å². The molecule has 0 spiro atoms. The van der Waals surface area contributed by atoms with Crippen molar-refractivity contribution in [3.63, 3.8) is 0 Å². The summed E-state index contributed by atoms with van der Waals surface area (Å²) in [6.45, 7) is 1.64. The number of rotatable bonds is 7. The third kappa shape index (κ3) is 4.48. The summed E-state index contributed by atoms with van der Waals surface area (Å²) in [6.07, 6.45) is -0.762. The number of hydrogen-bond acceptors (Lipinski definition) is 5. The minimum Gasteiger partial charge on any atom is -0.495 e. The Kier molecular flexibility index (Phi) is 6.36. The van der Waals surface area contributed by atoms with Crippen molar-refractivity contribution in [3.8, 4) is 23.0 Å². The Morgan fingerprint density at radius 1 is 0.960 bits per heavy atom. The first-order valence-electron chi connectivity index (χ1n) is 7.52. The summed E-state index contributed by atoms with van der Waals surface area (Å²) in [5.41, 5.74) is 0.425. The molecule has 0 fully saturated rings. The van der Waals surface area contributed by atoms with Crippen LogP contribution in [0.25, 0.3) is 0 Å². The third-order valence-electron chi connectivity index (χ3n) is 3.47. The number of nitrogens with one attached hydrogen (secondary N) is 1. The maximum atomic E-state index is 12.4. The van der Waals surface area contributed by atoms with Gasteiger partial charge in [0.2, 0.25) is 0 Å². The van der Waals surface area contributed by atoms with Gasteiger partial charge < -0.3 is 24.3 Å². The molecule has 2 aromatic carbocycles. The van der Waals surface area contributed by atoms with Gasteiger partial charge in [0, 0.05) is 6.07 Å². The van der Waals surface area contributed by atoms with E-state index < -0.39 is 6.10 Å². The first kappa shape index (κ1) is 18.7. The Morgan fingerprint density at radius 2 is 1.56 bits per heavy atom. The summed E-state index contributed by atoms with van der Waals surface area (Å²) in [5.74, 6) is 1.55. The highest BCUT2D eigenvalue weighted by molar-refractivity contribution is 6.32. The molecule has 7 heteroatoms. The minimum absolute atomic E-state index is 0.356. The highest BCUT2D eigenvalue weighted by atomic mass is 35.5. The van der Waals surface area contributed by atoms with Gasteiger partial charge in [-0.2, -0.15) is 0 Å². The maximum absolute atomic E-state index is 12.4. The molecule has 0 saturated heterocycles. The van der Waals surface area contributed by atoms with Gasteiger partial charge in [-0.05, 0) is 25.1 Å². The highest BCUT2D eigenvalue weighted by Crippen LogP contribution is 2.36. The van der Waals surface area contributed by atoms with Crippen LogP contribution in [0.5, 0.6) is 23.0 Å². The second kappa shape index (κ2) is 8.48. The SMILES string of the molecule is COc1cc(OC)c(NC(=O)C(C)Oc2ccccc2OC)cc1Cl. The van der Waals surface area contributed by atoms with E-state index in [1.54, 1.807) is 37.3 Å². The third-order valence-corrected chi connectivity index (χ3v) is 3.77. The Bertz CT molecular complexity index is 750. The van der Waals surface area contributed by atoms with Crippen LogP contribution in [0, 0.1) is 0 Å². The van der Waals surface area contributed by atoms with Crippen LogP contribution in [0.1, 0.15) is 6.92 Å². The molecule has 6 nitrogen and oxygen atoms in total. The summed E-state index contributed by atoms with van der Waals surface area (Å²) >= 11 is 6.11. The number of amides is 1. The molecule has 0 heterocycles. The number of anilines is 1. The molecule has 1 atom stereocenters. The molecular formula is C18H20ClNO5. The lowest BCUT2D eigenvalue weighted by Crippen LogP contribution is -2.30. The van der Waals surface area contributed by atoms with Crippen molar-refractivity contribution in [3.05, 3.63) is 41.4 Å². The molecule has 0 aromatic heterocycles. The van der Waals surface area contributed by atoms with Crippen molar-refractivity contribution < 1.29 is 23.7 Å². The fourth-order valence-electron chi connectivity index (χ4n) is 2.15. The van der Waals surface area contributed by atoms with E-state index in [2.05, 4.69) is 5.32 Å². The molecule has 1 amide bonds. The molecule has 2 aromatic rings. The van der Waals surface area contributed by atoms with E-state index >= 15 is 0 Å². The van der Waals surface area contributed by atoms with Gasteiger partial charge in [-0.15, -0.1) is 0 Å². The lowest BCUT2D eigenvalue weighted by atomic mass is 10.2. The van der Waals surface area contributed by atoms with E-state index in [4.69, 9.17) is 30.5 Å². The van der Waals surface area contributed by atoms with E-state index in [1.807, 2.05) is 6.07 Å². The van der Waals surface area contributed by atoms with E-state index in [0.29, 0.717) is 33.7 Å². The summed E-state index contributed by atoms with van der Waals surface area (Å²) in [7, 11) is 4.53. The number of benzene rings is 2. The molecule has 25 heavy (non-hydrogen) atoms. The van der Waals surface area contributed by atoms with Gasteiger partial charge in [0.25, 0.3) is 5.91 Å². The molecule has 0 radical (unpaired) electrons. The van der Waals surface area contributed by atoms with E-state index in [1.165, 1.54) is 21.3 Å². The Morgan fingerprint density at radius 3 is 2.16 bits per heavy atom. The Balaban J connectivity index is 2.15. The number of carbonyl (C=O) groups is 1. The van der Waals surface area contributed by atoms with Gasteiger partial charge in [-0.1, -0.05) is 23.7 Å². The first-order chi connectivity index (χ1) is 12.0. The van der Waals surface area contributed by atoms with Crippen molar-refractivity contribution in [2.24, 2.45) is 0 Å². The van der Waals surface area contributed by atoms with Crippen molar-refractivity contribution in [2.75, 3.05) is 26.6 Å². The van der Waals surface area contributed by atoms with Crippen LogP contribution in [0.4, 0.5) is 5.69 Å². The molecule has 134 valence electrons. The molecule has 2 rings (SSSR count). The topological polar surface area (TPSA) is 66.0 Å². The van der Waals surface area contributed by atoms with E-state index in [9.17, 15) is 4.79 Å². The number of carbonyl (C=O) groups excluding carboxylic acids is 1. The van der Waals surface area contributed by atoms with Gasteiger partial charge in [-0.25, -0.2) is 0 Å². The molecule has 0 saturated carbocycles. The van der Waals surface area contributed by atoms with Crippen LogP contribution < -0.4 is 24.3 Å². The maximum Gasteiger partial charge on any atom is 0.265 e. The molecule has 0 aliphatic carbocycles. The van der Waals surface area contributed by atoms with Crippen molar-refractivity contribution in [1.29, 1.82) is 0 Å². The van der Waals surface area contributed by atoms with Gasteiger partial charge >= 0.3 is 0 Å². The molecule has 1 N–H and O–H groups in total. The van der Waals surface area contributed by atoms with E-state index in [-0.39, 0.29) is 5.91 Å². The van der Waals surface area contributed by atoms with Crippen LogP contribution in [-0.2, 0) is 4.79 Å². The van der Waals surface area contributed by atoms with Crippen LogP contribution in [0.2, 0.25) is 5.02 Å². The molecule has 0 aliphatic rings. The minimum atomic E-state index is -0.762. The second-order valence-electron chi connectivity index (χ2n) is 5.09. The zero-order valence-corrected chi connectivity index (χ0v) is 15.2. The van der Waals surface area contributed by atoms with Gasteiger partial charge in [0.15, 0.2) is 17.6 Å². The monoisotopic (exact) mass is 365 g/mol. The van der Waals surface area contributed by atoms with Crippen molar-refractivity contribution >= 4 is 23.2 Å². The zero-order chi connectivity index (χ0) is 18.4. The van der Waals surface area contributed by atoms with Crippen molar-refractivity contribution in [2.45, 2.75) is 13.0 Å². The summed E-state index contributed by atoms with van der Waals surface area (Å²) in [6, 6.07) is 10.3. The number of methoxy groups -OCH3 is 3. The second-order valence-corrected chi connectivity index (χ2v) is 5.49. The van der Waals surface area contributed by atoms with Gasteiger partial charge in [-0.3, -0.25) is 4.79 Å². The summed E-state index contributed by atoms with van der Waals surface area (Å²) < 4.78 is 21.3. The van der Waals surface area contributed by atoms with Crippen LogP contribution >= 0.6 is 11.6 Å². The predicted molar refractivity (Wildman–Crippen MR) is 96.3 cm³/mol. The Hall–Kier alpha value is -2.60. The fraction of sp³-hybridized carbons (Fsp3) is 0.278. The lowest BCUT2D eigenvalue weighted by Gasteiger charge is -2.18. The van der Waals surface area contributed by atoms with Gasteiger partial charge in [0.05, 0.1) is 32.0 Å². The van der Waals surface area contributed by atoms with Crippen LogP contribution in [0.3, 0.4) is 0 Å². The predicted octanol–water partition coefficient (Wildman–Crippen LogP) is 3.77. The first-order valence-corrected chi connectivity index (χ1v) is 7.90. The Labute approximate surface area is 151 Å². The molecular weight excluding hydrogens is 346 g/mol. The van der Waals surface area contributed by atoms with Crippen LogP contribution in [-0.4, -0.2) is 33.3 Å². The number of ether oxygens (including phenoxy) is 4. The average Bonchev–Trinajstić information content (AvgIpc) is 2.62. The van der Waals surface area contributed by atoms with Gasteiger partial charge in [0.1, 0.15) is 11.5 Å². The van der Waals surface area contributed by atoms with Crippen molar-refractivity contribution in [1.82, 2.24) is 0 Å². The zero-order valence-electron chi connectivity index (χ0n) is 14.5. The quantitative estimate of drug-likeness (QED) is 0.809. The number of halogens is 1. The standard InChI is InChI=1S/C18H20ClNO5/c1-11(25-15-8-6-5-7-14(15)22-2)18(21)20-13-9-12(19)16(23-3)10-17(13)24-4/h5-11H,1-4H3,(H,20,21). The fourth-order valence-corrected chi connectivity index (χ4v) is 2.39. The summed E-state index contributed by atoms with van der Waals surface area (Å²) in [5, 5.41) is 3.10. The largest absolute Gasteiger partial charge is 0.495 e. The number of para-hydroxylation sites is 2. The molecule has 0 aliphatic heterocycles. The average molecular weight is 366 g/mol. The summed E-state index contributed by atoms with van der Waals surface area (Å²) in [4.78, 5) is 12.4. The normalized spacial score (nSPS) is 11.4. The molecule has 1 unspecified atom stereocenters. The smallest absolute Gasteiger partial charge is 0.265 e. The lowest BCUT2D eigenvalue weighted by molar-refractivity contribution is -0.122. The van der Waals surface area contributed by atoms with Crippen LogP contribution in [0.15, 0.2) is 36.4 Å². The highest BCUT2D eigenvalue weighted by Gasteiger charge is 2.19. The number of hydrogen-bond donors (Lipinski definition) is 1.